The van der Waals surface area contributed by atoms with Crippen molar-refractivity contribution in [2.24, 2.45) is 0 Å². The highest BCUT2D eigenvalue weighted by molar-refractivity contribution is 5.78. The fourth-order valence-corrected chi connectivity index (χ4v) is 4.93. The second-order valence-electron chi connectivity index (χ2n) is 10.5. The first kappa shape index (κ1) is 28.9. The first-order valence-electron chi connectivity index (χ1n) is 14.3. The second-order valence-corrected chi connectivity index (χ2v) is 10.5. The number of nitrogens with zero attached hydrogens (tertiary/aromatic N) is 4. The van der Waals surface area contributed by atoms with E-state index in [1.807, 2.05) is 61.5 Å². The molecular formula is C33H37N5O4. The smallest absolute Gasteiger partial charge is 0.348 e. The average Bonchev–Trinajstić information content (AvgIpc) is 2.99. The number of nitrogens with one attached hydrogen (secondary N) is 1. The maximum Gasteiger partial charge on any atom is 0.348 e. The highest BCUT2D eigenvalue weighted by atomic mass is 16.5. The Morgan fingerprint density at radius 2 is 1.55 bits per heavy atom. The third-order valence-electron chi connectivity index (χ3n) is 7.20. The van der Waals surface area contributed by atoms with Gasteiger partial charge in [-0.3, -0.25) is 4.90 Å². The van der Waals surface area contributed by atoms with E-state index >= 15 is 0 Å². The van der Waals surface area contributed by atoms with Crippen molar-refractivity contribution >= 4 is 17.7 Å². The monoisotopic (exact) mass is 567 g/mol. The van der Waals surface area contributed by atoms with Gasteiger partial charge in [-0.25, -0.2) is 4.79 Å². The van der Waals surface area contributed by atoms with Gasteiger partial charge in [0.1, 0.15) is 17.3 Å². The predicted octanol–water partition coefficient (Wildman–Crippen LogP) is 5.49. The second kappa shape index (κ2) is 13.4. The molecule has 1 unspecified atom stereocenters. The lowest BCUT2D eigenvalue weighted by Gasteiger charge is -2.35. The summed E-state index contributed by atoms with van der Waals surface area (Å²) in [4.78, 5) is 26.1. The zero-order chi connectivity index (χ0) is 29.4. The molecule has 42 heavy (non-hydrogen) atoms. The van der Waals surface area contributed by atoms with E-state index in [1.165, 1.54) is 5.56 Å². The molecule has 4 aromatic rings. The van der Waals surface area contributed by atoms with Gasteiger partial charge >= 0.3 is 5.97 Å². The number of piperazine rings is 1. The molecule has 3 aromatic carbocycles. The maximum absolute atomic E-state index is 12.1. The van der Waals surface area contributed by atoms with Gasteiger partial charge in [0, 0.05) is 51.8 Å². The minimum atomic E-state index is -1.42. The number of aromatic nitrogens is 2. The molecule has 0 amide bonds. The van der Waals surface area contributed by atoms with E-state index in [4.69, 9.17) is 14.5 Å². The molecule has 1 saturated heterocycles. The first-order chi connectivity index (χ1) is 20.4. The quantitative estimate of drug-likeness (QED) is 0.230. The number of hydrogen-bond donors (Lipinski definition) is 2. The maximum atomic E-state index is 12.1. The van der Waals surface area contributed by atoms with Crippen molar-refractivity contribution in [2.45, 2.75) is 32.4 Å². The van der Waals surface area contributed by atoms with Crippen molar-refractivity contribution < 1.29 is 19.4 Å². The number of ether oxygens (including phenoxy) is 2. The molecule has 1 aliphatic heterocycles. The van der Waals surface area contributed by atoms with Gasteiger partial charge in [-0.2, -0.15) is 9.97 Å². The third kappa shape index (κ3) is 7.55. The zero-order valence-electron chi connectivity index (χ0n) is 24.1. The molecule has 0 bridgehead atoms. The van der Waals surface area contributed by atoms with Crippen LogP contribution >= 0.6 is 0 Å². The molecule has 1 aromatic heterocycles. The zero-order valence-corrected chi connectivity index (χ0v) is 24.1. The van der Waals surface area contributed by atoms with Gasteiger partial charge < -0.3 is 24.8 Å². The lowest BCUT2D eigenvalue weighted by molar-refractivity contribution is -0.153. The van der Waals surface area contributed by atoms with Crippen LogP contribution < -0.4 is 19.7 Å². The van der Waals surface area contributed by atoms with E-state index < -0.39 is 11.6 Å². The van der Waals surface area contributed by atoms with E-state index in [0.29, 0.717) is 29.9 Å². The van der Waals surface area contributed by atoms with Crippen molar-refractivity contribution in [1.82, 2.24) is 14.9 Å². The number of carbonyl (C=O) groups is 1. The minimum absolute atomic E-state index is 0.190. The van der Waals surface area contributed by atoms with Crippen molar-refractivity contribution in [1.29, 1.82) is 0 Å². The summed E-state index contributed by atoms with van der Waals surface area (Å²) in [5, 5.41) is 13.1. The van der Waals surface area contributed by atoms with Crippen molar-refractivity contribution in [2.75, 3.05) is 42.9 Å². The molecule has 218 valence electrons. The van der Waals surface area contributed by atoms with Crippen LogP contribution in [0.4, 0.5) is 11.8 Å². The summed E-state index contributed by atoms with van der Waals surface area (Å²) in [5.74, 6) is 1.86. The lowest BCUT2D eigenvalue weighted by atomic mass is 9.96. The Morgan fingerprint density at radius 1 is 0.881 bits per heavy atom. The summed E-state index contributed by atoms with van der Waals surface area (Å²) in [6, 6.07) is 28.7. The number of anilines is 2. The van der Waals surface area contributed by atoms with E-state index in [2.05, 4.69) is 44.4 Å². The Bertz CT molecular complexity index is 1440. The largest absolute Gasteiger partial charge is 0.478 e. The van der Waals surface area contributed by atoms with Crippen LogP contribution in [0.5, 0.6) is 17.4 Å². The Hall–Kier alpha value is -4.63. The number of benzene rings is 3. The summed E-state index contributed by atoms with van der Waals surface area (Å²) < 4.78 is 12.0. The fraction of sp³-hybridized carbons (Fsp3) is 0.303. The Kier molecular flexibility index (Phi) is 9.18. The summed E-state index contributed by atoms with van der Waals surface area (Å²) in [6.07, 6.45) is 0.190. The normalized spacial score (nSPS) is 15.0. The molecule has 2 heterocycles. The van der Waals surface area contributed by atoms with Gasteiger partial charge in [-0.05, 0) is 49.2 Å². The van der Waals surface area contributed by atoms with Crippen molar-refractivity contribution in [3.05, 3.63) is 102 Å². The fourth-order valence-electron chi connectivity index (χ4n) is 4.93. The van der Waals surface area contributed by atoms with Crippen LogP contribution in [0.3, 0.4) is 0 Å². The molecule has 2 N–H and O–H groups in total. The first-order valence-corrected chi connectivity index (χ1v) is 14.3. The number of carboxylic acids is 1. The van der Waals surface area contributed by atoms with E-state index in [1.54, 1.807) is 19.1 Å². The Labute approximate surface area is 246 Å². The number of aliphatic carboxylic acids is 1. The summed E-state index contributed by atoms with van der Waals surface area (Å²) >= 11 is 0. The topological polar surface area (TPSA) is 100 Å². The molecule has 9 nitrogen and oxygen atoms in total. The molecule has 5 rings (SSSR count). The van der Waals surface area contributed by atoms with Gasteiger partial charge in [0.25, 0.3) is 0 Å². The predicted molar refractivity (Wildman–Crippen MR) is 163 cm³/mol. The molecule has 9 heteroatoms. The lowest BCUT2D eigenvalue weighted by Crippen LogP contribution is -2.46. The van der Waals surface area contributed by atoms with E-state index in [9.17, 15) is 9.90 Å². The standard InChI is InChI=1S/C33H37N5O4/c1-3-34-32-35-29(38-20-18-37(19-21-38)24-26-10-6-4-7-11-26)22-30(36-32)41-27-16-14-25(15-17-27)23-33(2,31(39)40)42-28-12-8-5-9-13-28/h4-17,22H,3,18-21,23-24H2,1-2H3,(H,39,40)(H,34,35,36). The molecule has 0 radical (unpaired) electrons. The van der Waals surface area contributed by atoms with E-state index in [-0.39, 0.29) is 6.42 Å². The van der Waals surface area contributed by atoms with Crippen LogP contribution in [0, 0.1) is 0 Å². The average molecular weight is 568 g/mol. The Balaban J connectivity index is 1.24. The molecular weight excluding hydrogens is 530 g/mol. The third-order valence-corrected chi connectivity index (χ3v) is 7.20. The van der Waals surface area contributed by atoms with Crippen LogP contribution in [-0.4, -0.2) is 64.3 Å². The van der Waals surface area contributed by atoms with Crippen molar-refractivity contribution in [3.8, 4) is 17.4 Å². The van der Waals surface area contributed by atoms with Gasteiger partial charge in [-0.1, -0.05) is 60.7 Å². The number of hydrogen-bond acceptors (Lipinski definition) is 8. The number of para-hydroxylation sites is 1. The van der Waals surface area contributed by atoms with Gasteiger partial charge in [0.05, 0.1) is 0 Å². The number of carboxylic acid groups (broad SMARTS) is 1. The molecule has 1 aliphatic rings. The summed E-state index contributed by atoms with van der Waals surface area (Å²) in [6.45, 7) is 8.81. The molecule has 1 fully saturated rings. The highest BCUT2D eigenvalue weighted by Gasteiger charge is 2.36. The minimum Gasteiger partial charge on any atom is -0.478 e. The van der Waals surface area contributed by atoms with E-state index in [0.717, 1.165) is 44.1 Å². The van der Waals surface area contributed by atoms with Crippen LogP contribution in [0.15, 0.2) is 91.0 Å². The van der Waals surface area contributed by atoms with Gasteiger partial charge in [0.15, 0.2) is 0 Å². The summed E-state index contributed by atoms with van der Waals surface area (Å²) in [7, 11) is 0. The van der Waals surface area contributed by atoms with Crippen LogP contribution in [0.2, 0.25) is 0 Å². The van der Waals surface area contributed by atoms with Gasteiger partial charge in [0.2, 0.25) is 17.4 Å². The highest BCUT2D eigenvalue weighted by Crippen LogP contribution is 2.28. The SMILES string of the molecule is CCNc1nc(Oc2ccc(CC(C)(Oc3ccccc3)C(=O)O)cc2)cc(N2CCN(Cc3ccccc3)CC2)n1. The molecule has 1 atom stereocenters. The molecule has 0 saturated carbocycles. The van der Waals surface area contributed by atoms with Crippen LogP contribution in [0.1, 0.15) is 25.0 Å². The van der Waals surface area contributed by atoms with Crippen molar-refractivity contribution in [3.63, 3.8) is 0 Å². The Morgan fingerprint density at radius 3 is 2.19 bits per heavy atom. The van der Waals surface area contributed by atoms with Gasteiger partial charge in [-0.15, -0.1) is 0 Å². The molecule has 0 spiro atoms. The van der Waals surface area contributed by atoms with Crippen LogP contribution in [-0.2, 0) is 17.8 Å². The summed E-state index contributed by atoms with van der Waals surface area (Å²) in [5.41, 5.74) is 0.714. The molecule has 0 aliphatic carbocycles. The number of rotatable bonds is 12. The van der Waals surface area contributed by atoms with Crippen LogP contribution in [0.25, 0.3) is 0 Å².